The molecular weight excluding hydrogens is 329 g/mol. The van der Waals surface area contributed by atoms with Crippen molar-refractivity contribution in [2.24, 2.45) is 4.99 Å². The molecule has 0 aliphatic carbocycles. The smallest absolute Gasteiger partial charge is 0.436 e. The predicted molar refractivity (Wildman–Crippen MR) is 80.6 cm³/mol. The van der Waals surface area contributed by atoms with Gasteiger partial charge in [0.2, 0.25) is 4.80 Å². The zero-order valence-electron chi connectivity index (χ0n) is 12.6. The second-order valence-electron chi connectivity index (χ2n) is 4.56. The maximum absolute atomic E-state index is 12.9. The minimum atomic E-state index is -4.43. The van der Waals surface area contributed by atoms with E-state index in [2.05, 4.69) is 4.99 Å². The standard InChI is InChI=1S/C15H15F3N2O2S/c1-3-12-9-20(13(23-12)19-14(21)22-4-2)11-7-5-6-10(8-11)15(16,17)18/h5-9H,3-4H2,1-2H3. The Morgan fingerprint density at radius 2 is 2.09 bits per heavy atom. The fourth-order valence-corrected chi connectivity index (χ4v) is 2.80. The highest BCUT2D eigenvalue weighted by atomic mass is 32.1. The molecule has 124 valence electrons. The van der Waals surface area contributed by atoms with Crippen LogP contribution in [0.1, 0.15) is 24.3 Å². The van der Waals surface area contributed by atoms with Gasteiger partial charge in [-0.1, -0.05) is 13.0 Å². The van der Waals surface area contributed by atoms with Crippen LogP contribution >= 0.6 is 11.3 Å². The van der Waals surface area contributed by atoms with Gasteiger partial charge in [0.25, 0.3) is 0 Å². The lowest BCUT2D eigenvalue weighted by Crippen LogP contribution is -2.16. The second-order valence-corrected chi connectivity index (χ2v) is 5.66. The van der Waals surface area contributed by atoms with E-state index in [4.69, 9.17) is 4.74 Å². The molecule has 0 fully saturated rings. The van der Waals surface area contributed by atoms with Crippen LogP contribution in [0.25, 0.3) is 5.69 Å². The van der Waals surface area contributed by atoms with Crippen molar-refractivity contribution < 1.29 is 22.7 Å². The van der Waals surface area contributed by atoms with E-state index in [1.165, 1.54) is 28.0 Å². The fraction of sp³-hybridized carbons (Fsp3) is 0.333. The molecule has 1 heterocycles. The number of nitrogens with zero attached hydrogens (tertiary/aromatic N) is 2. The van der Waals surface area contributed by atoms with Crippen LogP contribution < -0.4 is 4.80 Å². The van der Waals surface area contributed by atoms with Crippen LogP contribution in [0.5, 0.6) is 0 Å². The highest BCUT2D eigenvalue weighted by Crippen LogP contribution is 2.30. The molecule has 8 heteroatoms. The van der Waals surface area contributed by atoms with Crippen molar-refractivity contribution >= 4 is 17.4 Å². The van der Waals surface area contributed by atoms with E-state index in [1.54, 1.807) is 13.1 Å². The predicted octanol–water partition coefficient (Wildman–Crippen LogP) is 4.18. The average Bonchev–Trinajstić information content (AvgIpc) is 2.89. The maximum atomic E-state index is 12.9. The summed E-state index contributed by atoms with van der Waals surface area (Å²) in [6, 6.07) is 4.88. The minimum absolute atomic E-state index is 0.178. The van der Waals surface area contributed by atoms with Crippen molar-refractivity contribution in [3.8, 4) is 5.69 Å². The molecule has 0 bridgehead atoms. The SMILES string of the molecule is CCOC(=O)N=c1sc(CC)cn1-c1cccc(C(F)(F)F)c1. The summed E-state index contributed by atoms with van der Waals surface area (Å²) in [7, 11) is 0. The van der Waals surface area contributed by atoms with Gasteiger partial charge in [-0.05, 0) is 31.5 Å². The third kappa shape index (κ3) is 4.22. The summed E-state index contributed by atoms with van der Waals surface area (Å²) in [5, 5.41) is 0. The Balaban J connectivity index is 2.55. The largest absolute Gasteiger partial charge is 0.448 e. The third-order valence-electron chi connectivity index (χ3n) is 2.96. The van der Waals surface area contributed by atoms with Crippen LogP contribution in [0.2, 0.25) is 0 Å². The number of benzene rings is 1. The lowest BCUT2D eigenvalue weighted by molar-refractivity contribution is -0.137. The Bertz CT molecular complexity index is 763. The van der Waals surface area contributed by atoms with Gasteiger partial charge in [0.15, 0.2) is 0 Å². The molecule has 0 atom stereocenters. The van der Waals surface area contributed by atoms with E-state index in [1.807, 2.05) is 6.92 Å². The summed E-state index contributed by atoms with van der Waals surface area (Å²) in [4.78, 5) is 16.5. The normalized spacial score (nSPS) is 12.5. The average molecular weight is 344 g/mol. The summed E-state index contributed by atoms with van der Waals surface area (Å²) in [5.41, 5.74) is -0.465. The summed E-state index contributed by atoms with van der Waals surface area (Å²) >= 11 is 1.24. The molecule has 0 spiro atoms. The van der Waals surface area contributed by atoms with E-state index < -0.39 is 17.8 Å². The number of carbonyl (C=O) groups is 1. The molecule has 4 nitrogen and oxygen atoms in total. The minimum Gasteiger partial charge on any atom is -0.448 e. The summed E-state index contributed by atoms with van der Waals surface area (Å²) in [6.45, 7) is 3.74. The molecule has 1 aromatic heterocycles. The van der Waals surface area contributed by atoms with Gasteiger partial charge in [-0.15, -0.1) is 16.3 Å². The number of rotatable bonds is 3. The topological polar surface area (TPSA) is 43.6 Å². The van der Waals surface area contributed by atoms with Crippen molar-refractivity contribution in [1.29, 1.82) is 0 Å². The number of carbonyl (C=O) groups excluding carboxylic acids is 1. The number of aromatic nitrogens is 1. The second kappa shape index (κ2) is 6.99. The lowest BCUT2D eigenvalue weighted by Gasteiger charge is -2.09. The number of aryl methyl sites for hydroxylation is 1. The van der Waals surface area contributed by atoms with Gasteiger partial charge in [-0.3, -0.25) is 4.57 Å². The Morgan fingerprint density at radius 1 is 1.35 bits per heavy atom. The van der Waals surface area contributed by atoms with Gasteiger partial charge < -0.3 is 4.74 Å². The molecule has 1 aromatic carbocycles. The number of halogens is 3. The molecule has 0 aliphatic heterocycles. The monoisotopic (exact) mass is 344 g/mol. The highest BCUT2D eigenvalue weighted by Gasteiger charge is 2.30. The molecule has 0 unspecified atom stereocenters. The Kier molecular flexibility index (Phi) is 5.25. The molecule has 0 radical (unpaired) electrons. The third-order valence-corrected chi connectivity index (χ3v) is 4.08. The Labute approximate surface area is 134 Å². The zero-order chi connectivity index (χ0) is 17.0. The zero-order valence-corrected chi connectivity index (χ0v) is 13.4. The van der Waals surface area contributed by atoms with Gasteiger partial charge in [0, 0.05) is 16.8 Å². The van der Waals surface area contributed by atoms with Crippen LogP contribution in [-0.2, 0) is 17.3 Å². The number of hydrogen-bond acceptors (Lipinski definition) is 3. The first-order valence-corrected chi connectivity index (χ1v) is 7.77. The number of alkyl halides is 3. The van der Waals surface area contributed by atoms with Crippen molar-refractivity contribution in [2.45, 2.75) is 26.4 Å². The first-order chi connectivity index (χ1) is 10.8. The first kappa shape index (κ1) is 17.3. The summed E-state index contributed by atoms with van der Waals surface area (Å²) < 4.78 is 44.8. The van der Waals surface area contributed by atoms with Gasteiger partial charge in [0.05, 0.1) is 12.2 Å². The molecular formula is C15H15F3N2O2S. The van der Waals surface area contributed by atoms with E-state index in [-0.39, 0.29) is 11.4 Å². The quantitative estimate of drug-likeness (QED) is 0.838. The van der Waals surface area contributed by atoms with E-state index in [9.17, 15) is 18.0 Å². The number of thiazole rings is 1. The van der Waals surface area contributed by atoms with Gasteiger partial charge in [-0.2, -0.15) is 13.2 Å². The number of ether oxygens (including phenoxy) is 1. The van der Waals surface area contributed by atoms with Crippen LogP contribution in [-0.4, -0.2) is 17.3 Å². The molecule has 1 amide bonds. The first-order valence-electron chi connectivity index (χ1n) is 6.95. The summed E-state index contributed by atoms with van der Waals surface area (Å²) in [5.74, 6) is 0. The maximum Gasteiger partial charge on any atom is 0.436 e. The van der Waals surface area contributed by atoms with E-state index >= 15 is 0 Å². The highest BCUT2D eigenvalue weighted by molar-refractivity contribution is 7.09. The molecule has 0 N–H and O–H groups in total. The van der Waals surface area contributed by atoms with Crippen molar-refractivity contribution in [3.05, 3.63) is 45.7 Å². The van der Waals surface area contributed by atoms with Gasteiger partial charge in [-0.25, -0.2) is 4.79 Å². The van der Waals surface area contributed by atoms with Crippen molar-refractivity contribution in [3.63, 3.8) is 0 Å². The molecule has 0 saturated carbocycles. The van der Waals surface area contributed by atoms with Crippen LogP contribution in [0.3, 0.4) is 0 Å². The molecule has 2 aromatic rings. The lowest BCUT2D eigenvalue weighted by atomic mass is 10.2. The van der Waals surface area contributed by atoms with Crippen LogP contribution in [0.15, 0.2) is 35.5 Å². The molecule has 23 heavy (non-hydrogen) atoms. The molecule has 0 aliphatic rings. The number of hydrogen-bond donors (Lipinski definition) is 0. The Morgan fingerprint density at radius 3 is 2.70 bits per heavy atom. The number of amides is 1. The van der Waals surface area contributed by atoms with Crippen molar-refractivity contribution in [2.75, 3.05) is 6.61 Å². The molecule has 0 saturated heterocycles. The van der Waals surface area contributed by atoms with E-state index in [0.717, 1.165) is 17.0 Å². The van der Waals surface area contributed by atoms with Crippen LogP contribution in [0, 0.1) is 0 Å². The summed E-state index contributed by atoms with van der Waals surface area (Å²) in [6.07, 6.45) is -2.84. The fourth-order valence-electron chi connectivity index (χ4n) is 1.88. The Hall–Kier alpha value is -2.09. The van der Waals surface area contributed by atoms with E-state index in [0.29, 0.717) is 12.1 Å². The van der Waals surface area contributed by atoms with Crippen LogP contribution in [0.4, 0.5) is 18.0 Å². The van der Waals surface area contributed by atoms with Gasteiger partial charge in [0.1, 0.15) is 0 Å². The van der Waals surface area contributed by atoms with Gasteiger partial charge >= 0.3 is 12.3 Å². The van der Waals surface area contributed by atoms with Crippen molar-refractivity contribution in [1.82, 2.24) is 4.57 Å². The molecule has 2 rings (SSSR count).